The summed E-state index contributed by atoms with van der Waals surface area (Å²) in [6.45, 7) is 2.00. The van der Waals surface area contributed by atoms with Crippen molar-refractivity contribution in [1.82, 2.24) is 0 Å². The first-order valence-corrected chi connectivity index (χ1v) is 5.30. The fraction of sp³-hybridized carbons (Fsp3) is 0.417. The summed E-state index contributed by atoms with van der Waals surface area (Å²) in [5.41, 5.74) is 6.88. The number of rotatable bonds is 4. The monoisotopic (exact) mass is 205 g/mol. The highest BCUT2D eigenvalue weighted by Gasteiger charge is 2.25. The summed E-state index contributed by atoms with van der Waals surface area (Å²) in [5.74, 6) is 0.243. The number of hydrogen-bond acceptors (Lipinski definition) is 2. The summed E-state index contributed by atoms with van der Waals surface area (Å²) in [5, 5.41) is 0. The van der Waals surface area contributed by atoms with Crippen LogP contribution in [0.15, 0.2) is 18.2 Å². The van der Waals surface area contributed by atoms with Gasteiger partial charge in [0.05, 0.1) is 11.7 Å². The Labute approximate surface area is 89.2 Å². The molecule has 1 aliphatic carbocycles. The maximum Gasteiger partial charge on any atom is 0.252 e. The van der Waals surface area contributed by atoms with Gasteiger partial charge >= 0.3 is 0 Å². The van der Waals surface area contributed by atoms with Gasteiger partial charge in [0, 0.05) is 0 Å². The Morgan fingerprint density at radius 1 is 1.53 bits per heavy atom. The zero-order valence-corrected chi connectivity index (χ0v) is 8.82. The molecule has 0 aliphatic heterocycles. The van der Waals surface area contributed by atoms with Crippen LogP contribution in [0.3, 0.4) is 0 Å². The van der Waals surface area contributed by atoms with Crippen molar-refractivity contribution >= 4 is 5.91 Å². The van der Waals surface area contributed by atoms with Gasteiger partial charge in [-0.15, -0.1) is 0 Å². The summed E-state index contributed by atoms with van der Waals surface area (Å²) in [4.78, 5) is 11.3. The van der Waals surface area contributed by atoms with Crippen LogP contribution in [0.2, 0.25) is 0 Å². The van der Waals surface area contributed by atoms with E-state index >= 15 is 0 Å². The zero-order valence-electron chi connectivity index (χ0n) is 8.82. The lowest BCUT2D eigenvalue weighted by atomic mass is 10.0. The van der Waals surface area contributed by atoms with E-state index in [-0.39, 0.29) is 6.10 Å². The first-order valence-electron chi connectivity index (χ1n) is 5.30. The second-order valence-corrected chi connectivity index (χ2v) is 3.83. The third kappa shape index (κ3) is 2.12. The first-order chi connectivity index (χ1) is 7.22. The van der Waals surface area contributed by atoms with Gasteiger partial charge in [-0.1, -0.05) is 19.1 Å². The van der Waals surface area contributed by atoms with Crippen LogP contribution in [0.25, 0.3) is 0 Å². The first kappa shape index (κ1) is 10.0. The van der Waals surface area contributed by atoms with Crippen LogP contribution < -0.4 is 10.5 Å². The van der Waals surface area contributed by atoms with Crippen LogP contribution in [0.5, 0.6) is 5.75 Å². The van der Waals surface area contributed by atoms with Crippen LogP contribution in [0.4, 0.5) is 0 Å². The van der Waals surface area contributed by atoms with Crippen molar-refractivity contribution in [2.75, 3.05) is 0 Å². The summed E-state index contributed by atoms with van der Waals surface area (Å²) >= 11 is 0. The smallest absolute Gasteiger partial charge is 0.252 e. The van der Waals surface area contributed by atoms with Gasteiger partial charge in [-0.2, -0.15) is 0 Å². The molecule has 1 aromatic carbocycles. The predicted molar refractivity (Wildman–Crippen MR) is 58.0 cm³/mol. The molecule has 0 radical (unpaired) electrons. The Bertz CT molecular complexity index is 383. The highest BCUT2D eigenvalue weighted by molar-refractivity contribution is 5.97. The fourth-order valence-corrected chi connectivity index (χ4v) is 1.61. The molecule has 1 fully saturated rings. The number of carbonyl (C=O) groups excluding carboxylic acids is 1. The van der Waals surface area contributed by atoms with E-state index in [1.54, 1.807) is 0 Å². The molecule has 0 unspecified atom stereocenters. The van der Waals surface area contributed by atoms with Crippen molar-refractivity contribution in [1.29, 1.82) is 0 Å². The van der Waals surface area contributed by atoms with Crippen molar-refractivity contribution in [3.05, 3.63) is 29.3 Å². The van der Waals surface area contributed by atoms with Crippen LogP contribution in [0.1, 0.15) is 35.7 Å². The molecule has 0 spiro atoms. The number of benzene rings is 1. The third-order valence-corrected chi connectivity index (χ3v) is 2.56. The molecule has 1 saturated carbocycles. The number of amides is 1. The molecule has 0 saturated heterocycles. The summed E-state index contributed by atoms with van der Waals surface area (Å²) in [6, 6.07) is 5.64. The molecular weight excluding hydrogens is 190 g/mol. The minimum atomic E-state index is -0.400. The lowest BCUT2D eigenvalue weighted by Gasteiger charge is -2.11. The second-order valence-electron chi connectivity index (χ2n) is 3.83. The lowest BCUT2D eigenvalue weighted by molar-refractivity contribution is 0.0995. The molecule has 1 aromatic rings. The molecule has 0 atom stereocenters. The molecular formula is C12H15NO2. The molecule has 1 aliphatic rings. The average Bonchev–Trinajstić information content (AvgIpc) is 3.01. The summed E-state index contributed by atoms with van der Waals surface area (Å²) < 4.78 is 5.66. The minimum absolute atomic E-state index is 0.287. The highest BCUT2D eigenvalue weighted by atomic mass is 16.5. The highest BCUT2D eigenvalue weighted by Crippen LogP contribution is 2.30. The summed E-state index contributed by atoms with van der Waals surface area (Å²) in [7, 11) is 0. The SMILES string of the molecule is CCc1cccc(OC2CC2)c1C(N)=O. The summed E-state index contributed by atoms with van der Waals surface area (Å²) in [6.07, 6.45) is 3.23. The maximum atomic E-state index is 11.3. The van der Waals surface area contributed by atoms with Crippen LogP contribution in [0, 0.1) is 0 Å². The van der Waals surface area contributed by atoms with Crippen molar-refractivity contribution in [2.24, 2.45) is 5.73 Å². The number of primary amides is 1. The van der Waals surface area contributed by atoms with Gasteiger partial charge in [0.2, 0.25) is 0 Å². The van der Waals surface area contributed by atoms with Crippen LogP contribution >= 0.6 is 0 Å². The topological polar surface area (TPSA) is 52.3 Å². The second kappa shape index (κ2) is 3.93. The predicted octanol–water partition coefficient (Wildman–Crippen LogP) is 1.89. The Morgan fingerprint density at radius 2 is 2.27 bits per heavy atom. The van der Waals surface area contributed by atoms with E-state index in [1.165, 1.54) is 0 Å². The normalized spacial score (nSPS) is 15.0. The molecule has 2 rings (SSSR count). The van der Waals surface area contributed by atoms with E-state index in [0.717, 1.165) is 24.8 Å². The number of aryl methyl sites for hydroxylation is 1. The molecule has 15 heavy (non-hydrogen) atoms. The number of carbonyl (C=O) groups is 1. The number of nitrogens with two attached hydrogens (primary N) is 1. The van der Waals surface area contributed by atoms with E-state index in [1.807, 2.05) is 25.1 Å². The standard InChI is InChI=1S/C12H15NO2/c1-2-8-4-3-5-10(11(8)12(13)14)15-9-6-7-9/h3-5,9H,2,6-7H2,1H3,(H2,13,14). The average molecular weight is 205 g/mol. The molecule has 80 valence electrons. The Kier molecular flexibility index (Phi) is 2.62. The van der Waals surface area contributed by atoms with Crippen molar-refractivity contribution in [3.63, 3.8) is 0 Å². The molecule has 3 heteroatoms. The van der Waals surface area contributed by atoms with Crippen LogP contribution in [-0.2, 0) is 6.42 Å². The largest absolute Gasteiger partial charge is 0.490 e. The Balaban J connectivity index is 2.37. The molecule has 3 nitrogen and oxygen atoms in total. The quantitative estimate of drug-likeness (QED) is 0.816. The van der Waals surface area contributed by atoms with E-state index in [2.05, 4.69) is 0 Å². The van der Waals surface area contributed by atoms with Gasteiger partial charge in [-0.25, -0.2) is 0 Å². The minimum Gasteiger partial charge on any atom is -0.490 e. The Hall–Kier alpha value is -1.51. The van der Waals surface area contributed by atoms with Gasteiger partial charge in [0.15, 0.2) is 0 Å². The van der Waals surface area contributed by atoms with Gasteiger partial charge in [0.25, 0.3) is 5.91 Å². The van der Waals surface area contributed by atoms with Crippen molar-refractivity contribution in [3.8, 4) is 5.75 Å². The van der Waals surface area contributed by atoms with Crippen molar-refractivity contribution in [2.45, 2.75) is 32.3 Å². The van der Waals surface area contributed by atoms with Gasteiger partial charge in [-0.3, -0.25) is 4.79 Å². The third-order valence-electron chi connectivity index (χ3n) is 2.56. The zero-order chi connectivity index (χ0) is 10.8. The van der Waals surface area contributed by atoms with Gasteiger partial charge < -0.3 is 10.5 Å². The molecule has 0 heterocycles. The number of ether oxygens (including phenoxy) is 1. The van der Waals surface area contributed by atoms with Gasteiger partial charge in [-0.05, 0) is 30.9 Å². The van der Waals surface area contributed by atoms with E-state index in [0.29, 0.717) is 11.3 Å². The Morgan fingerprint density at radius 3 is 2.80 bits per heavy atom. The molecule has 1 amide bonds. The van der Waals surface area contributed by atoms with Gasteiger partial charge in [0.1, 0.15) is 5.75 Å². The molecule has 2 N–H and O–H groups in total. The molecule has 0 aromatic heterocycles. The lowest BCUT2D eigenvalue weighted by Crippen LogP contribution is -2.16. The molecule has 0 bridgehead atoms. The maximum absolute atomic E-state index is 11.3. The number of hydrogen-bond donors (Lipinski definition) is 1. The van der Waals surface area contributed by atoms with Crippen molar-refractivity contribution < 1.29 is 9.53 Å². The fourth-order valence-electron chi connectivity index (χ4n) is 1.61. The van der Waals surface area contributed by atoms with Crippen LogP contribution in [-0.4, -0.2) is 12.0 Å². The van der Waals surface area contributed by atoms with E-state index in [4.69, 9.17) is 10.5 Å². The van der Waals surface area contributed by atoms with E-state index in [9.17, 15) is 4.79 Å². The van der Waals surface area contributed by atoms with E-state index < -0.39 is 5.91 Å².